The zero-order chi connectivity index (χ0) is 30.3. The summed E-state index contributed by atoms with van der Waals surface area (Å²) in [5.41, 5.74) is 1.72. The van der Waals surface area contributed by atoms with E-state index in [0.29, 0.717) is 60.6 Å². The van der Waals surface area contributed by atoms with Crippen LogP contribution in [0.2, 0.25) is 0 Å². The molecule has 0 saturated carbocycles. The summed E-state index contributed by atoms with van der Waals surface area (Å²) in [7, 11) is 1.66. The maximum absolute atomic E-state index is 13.5. The Morgan fingerprint density at radius 3 is 2.81 bits per heavy atom. The van der Waals surface area contributed by atoms with E-state index in [0.717, 1.165) is 51.3 Å². The molecule has 43 heavy (non-hydrogen) atoms. The van der Waals surface area contributed by atoms with Crippen LogP contribution in [0.15, 0.2) is 63.0 Å². The van der Waals surface area contributed by atoms with Crippen LogP contribution in [0.25, 0.3) is 21.7 Å². The number of hydrogen-bond donors (Lipinski definition) is 5. The number of fused-ring (bicyclic) bond motifs is 2. The van der Waals surface area contributed by atoms with Gasteiger partial charge in [0.2, 0.25) is 5.91 Å². The molecule has 226 valence electrons. The number of hydrazine groups is 1. The van der Waals surface area contributed by atoms with E-state index in [-0.39, 0.29) is 18.2 Å². The van der Waals surface area contributed by atoms with Gasteiger partial charge in [-0.15, -0.1) is 0 Å². The number of H-pyrrole nitrogens is 2. The highest BCUT2D eigenvalue weighted by Crippen LogP contribution is 2.34. The molecule has 1 aliphatic rings. The third kappa shape index (κ3) is 7.14. The molecule has 0 spiro atoms. The minimum atomic E-state index is -0.584. The van der Waals surface area contributed by atoms with Crippen molar-refractivity contribution in [1.29, 1.82) is 0 Å². The lowest BCUT2D eigenvalue weighted by Gasteiger charge is -2.35. The zero-order valence-electron chi connectivity index (χ0n) is 23.7. The largest absolute Gasteiger partial charge is 0.385 e. The molecule has 0 radical (unpaired) electrons. The van der Waals surface area contributed by atoms with Gasteiger partial charge in [0.05, 0.1) is 16.8 Å². The Kier molecular flexibility index (Phi) is 9.89. The second-order valence-electron chi connectivity index (χ2n) is 10.3. The molecule has 4 aromatic rings. The third-order valence-corrected chi connectivity index (χ3v) is 8.30. The lowest BCUT2D eigenvalue weighted by Crippen LogP contribution is -2.46. The van der Waals surface area contributed by atoms with E-state index >= 15 is 0 Å². The van der Waals surface area contributed by atoms with Crippen molar-refractivity contribution in [3.8, 4) is 0 Å². The van der Waals surface area contributed by atoms with Crippen molar-refractivity contribution in [1.82, 2.24) is 19.6 Å². The minimum absolute atomic E-state index is 0.160. The number of aromatic amines is 2. The van der Waals surface area contributed by atoms with Gasteiger partial charge in [-0.1, -0.05) is 22.8 Å². The number of carbonyl (C=O) groups is 2. The fourth-order valence-electron chi connectivity index (χ4n) is 5.35. The Balaban J connectivity index is 1.29. The first-order valence-electron chi connectivity index (χ1n) is 14.1. The SMILES string of the molecule is COCCCNc1ccc(NC(=O)C2CCCN(N(O)Sc3ccc4[nH]c(=O)[nH]c(=O)c4c3)C2)c2cccc(CC=O)c12. The van der Waals surface area contributed by atoms with Crippen LogP contribution >= 0.6 is 11.9 Å². The number of rotatable bonds is 12. The van der Waals surface area contributed by atoms with Crippen LogP contribution < -0.4 is 21.9 Å². The summed E-state index contributed by atoms with van der Waals surface area (Å²) in [5.74, 6) is -0.541. The normalized spacial score (nSPS) is 15.7. The molecular weight excluding hydrogens is 572 g/mol. The van der Waals surface area contributed by atoms with Crippen LogP contribution in [0, 0.1) is 5.92 Å². The third-order valence-electron chi connectivity index (χ3n) is 7.44. The Morgan fingerprint density at radius 2 is 2.00 bits per heavy atom. The molecule has 1 fully saturated rings. The number of anilines is 2. The van der Waals surface area contributed by atoms with E-state index in [9.17, 15) is 24.4 Å². The molecule has 1 amide bonds. The first-order valence-corrected chi connectivity index (χ1v) is 14.9. The molecule has 1 unspecified atom stereocenters. The lowest BCUT2D eigenvalue weighted by molar-refractivity contribution is -0.173. The van der Waals surface area contributed by atoms with Gasteiger partial charge in [0, 0.05) is 78.8 Å². The van der Waals surface area contributed by atoms with Crippen molar-refractivity contribution >= 4 is 57.2 Å². The summed E-state index contributed by atoms with van der Waals surface area (Å²) in [5, 5.41) is 21.1. The molecule has 0 aliphatic carbocycles. The molecule has 13 heteroatoms. The predicted octanol–water partition coefficient (Wildman–Crippen LogP) is 3.52. The van der Waals surface area contributed by atoms with Crippen LogP contribution in [0.1, 0.15) is 24.8 Å². The highest BCUT2D eigenvalue weighted by molar-refractivity contribution is 7.96. The van der Waals surface area contributed by atoms with E-state index in [4.69, 9.17) is 4.74 Å². The van der Waals surface area contributed by atoms with Crippen LogP contribution in [0.5, 0.6) is 0 Å². The van der Waals surface area contributed by atoms with Crippen LogP contribution in [0.4, 0.5) is 11.4 Å². The van der Waals surface area contributed by atoms with Crippen molar-refractivity contribution in [2.45, 2.75) is 30.6 Å². The van der Waals surface area contributed by atoms with Crippen molar-refractivity contribution in [3.63, 3.8) is 0 Å². The average Bonchev–Trinajstić information content (AvgIpc) is 3.00. The second kappa shape index (κ2) is 14.0. The molecule has 1 aliphatic heterocycles. The number of benzene rings is 3. The summed E-state index contributed by atoms with van der Waals surface area (Å²) in [6, 6.07) is 14.4. The quantitative estimate of drug-likeness (QED) is 0.0699. The fourth-order valence-corrected chi connectivity index (χ4v) is 6.10. The number of carbonyl (C=O) groups excluding carboxylic acids is 2. The molecule has 12 nitrogen and oxygen atoms in total. The van der Waals surface area contributed by atoms with E-state index in [1.807, 2.05) is 30.3 Å². The van der Waals surface area contributed by atoms with Crippen molar-refractivity contribution < 1.29 is 19.5 Å². The highest BCUT2D eigenvalue weighted by Gasteiger charge is 2.29. The van der Waals surface area contributed by atoms with Gasteiger partial charge in [-0.3, -0.25) is 19.8 Å². The van der Waals surface area contributed by atoms with Gasteiger partial charge in [-0.2, -0.15) is 0 Å². The van der Waals surface area contributed by atoms with Gasteiger partial charge in [0.15, 0.2) is 0 Å². The number of piperidine rings is 1. The fraction of sp³-hybridized carbons (Fsp3) is 0.333. The van der Waals surface area contributed by atoms with Crippen molar-refractivity contribution in [3.05, 3.63) is 74.9 Å². The molecular formula is C30H34N6O6S. The maximum atomic E-state index is 13.5. The van der Waals surface area contributed by atoms with Gasteiger partial charge < -0.3 is 25.1 Å². The first-order chi connectivity index (χ1) is 20.9. The number of nitrogens with one attached hydrogen (secondary N) is 4. The molecule has 3 aromatic carbocycles. The van der Waals surface area contributed by atoms with Gasteiger partial charge in [0.1, 0.15) is 6.29 Å². The smallest absolute Gasteiger partial charge is 0.326 e. The number of amides is 1. The number of hydrogen-bond acceptors (Lipinski definition) is 10. The zero-order valence-corrected chi connectivity index (χ0v) is 24.5. The first kappa shape index (κ1) is 30.4. The van der Waals surface area contributed by atoms with E-state index in [1.165, 1.54) is 0 Å². The summed E-state index contributed by atoms with van der Waals surface area (Å²) in [4.78, 5) is 54.0. The Hall–Kier alpha value is -4.01. The number of aldehydes is 1. The van der Waals surface area contributed by atoms with Gasteiger partial charge >= 0.3 is 5.69 Å². The van der Waals surface area contributed by atoms with Gasteiger partial charge in [0.25, 0.3) is 5.56 Å². The number of methoxy groups -OCH3 is 1. The Morgan fingerprint density at radius 1 is 1.16 bits per heavy atom. The molecule has 1 atom stereocenters. The molecule has 5 N–H and O–H groups in total. The summed E-state index contributed by atoms with van der Waals surface area (Å²) >= 11 is 1.01. The number of ether oxygens (including phenoxy) is 1. The maximum Gasteiger partial charge on any atom is 0.326 e. The minimum Gasteiger partial charge on any atom is -0.385 e. The Labute approximate surface area is 251 Å². The summed E-state index contributed by atoms with van der Waals surface area (Å²) in [6.45, 7) is 2.18. The molecule has 1 saturated heterocycles. The van der Waals surface area contributed by atoms with Crippen molar-refractivity contribution in [2.24, 2.45) is 5.92 Å². The Bertz CT molecular complexity index is 1740. The molecule has 1 aromatic heterocycles. The summed E-state index contributed by atoms with van der Waals surface area (Å²) in [6.07, 6.45) is 3.31. The van der Waals surface area contributed by atoms with E-state index in [2.05, 4.69) is 20.6 Å². The average molecular weight is 607 g/mol. The highest BCUT2D eigenvalue weighted by atomic mass is 32.2. The van der Waals surface area contributed by atoms with Crippen LogP contribution in [-0.4, -0.2) is 70.3 Å². The number of nitrogens with zero attached hydrogens (tertiary/aromatic N) is 2. The van der Waals surface area contributed by atoms with Gasteiger partial charge in [-0.25, -0.2) is 9.80 Å². The van der Waals surface area contributed by atoms with Crippen LogP contribution in [-0.2, 0) is 20.7 Å². The summed E-state index contributed by atoms with van der Waals surface area (Å²) < 4.78 is 6.14. The molecule has 5 rings (SSSR count). The number of aromatic nitrogens is 2. The standard InChI is InChI=1S/C30H34N6O6S/c1-42-16-4-13-31-26-11-10-24(22-7-2-5-19(12-15-37)27(22)26)32-28(38)20-6-3-14-35(18-20)36(41)43-21-8-9-25-23(17-21)29(39)34-30(40)33-25/h2,5,7-11,15,17,20,31,41H,3-4,6,12-14,16,18H2,1H3,(H,32,38)(H2,33,34,39,40). The predicted molar refractivity (Wildman–Crippen MR) is 166 cm³/mol. The topological polar surface area (TPSA) is 160 Å². The second-order valence-corrected chi connectivity index (χ2v) is 11.3. The lowest BCUT2D eigenvalue weighted by atomic mass is 9.96. The van der Waals surface area contributed by atoms with E-state index in [1.54, 1.807) is 30.3 Å². The molecule has 2 heterocycles. The monoisotopic (exact) mass is 606 g/mol. The van der Waals surface area contributed by atoms with Gasteiger partial charge in [-0.05, 0) is 55.2 Å². The van der Waals surface area contributed by atoms with Crippen molar-refractivity contribution in [2.75, 3.05) is 44.0 Å². The molecule has 0 bridgehead atoms. The van der Waals surface area contributed by atoms with E-state index < -0.39 is 11.2 Å². The van der Waals surface area contributed by atoms with Crippen LogP contribution in [0.3, 0.4) is 0 Å².